The summed E-state index contributed by atoms with van der Waals surface area (Å²) in [5, 5.41) is 0. The van der Waals surface area contributed by atoms with Crippen LogP contribution in [0.2, 0.25) is 0 Å². The van der Waals surface area contributed by atoms with Gasteiger partial charge >= 0.3 is 0 Å². The summed E-state index contributed by atoms with van der Waals surface area (Å²) < 4.78 is 1.80. The van der Waals surface area contributed by atoms with E-state index in [4.69, 9.17) is 0 Å². The lowest BCUT2D eigenvalue weighted by Crippen LogP contribution is -2.35. The zero-order valence-corrected chi connectivity index (χ0v) is 8.30. The van der Waals surface area contributed by atoms with E-state index >= 15 is 0 Å². The smallest absolute Gasteiger partial charge is 0.263 e. The first-order valence-electron chi connectivity index (χ1n) is 4.29. The number of rotatable bonds is 1. The molecule has 3 heteroatoms. The fourth-order valence-electron chi connectivity index (χ4n) is 1.18. The molecular formula is C10H11NOS. The predicted octanol–water partition coefficient (Wildman–Crippen LogP) is 2.10. The zero-order chi connectivity index (χ0) is 9.26. The third-order valence-corrected chi connectivity index (χ3v) is 3.09. The summed E-state index contributed by atoms with van der Waals surface area (Å²) in [6.45, 7) is 2.91. The first-order valence-corrected chi connectivity index (χ1v) is 5.23. The van der Waals surface area contributed by atoms with Gasteiger partial charge in [0.1, 0.15) is 0 Å². The Balaban J connectivity index is 2.15. The summed E-state index contributed by atoms with van der Waals surface area (Å²) in [6.07, 6.45) is 0. The summed E-state index contributed by atoms with van der Waals surface area (Å²) >= 11 is 1.60. The number of amides is 1. The van der Waals surface area contributed by atoms with Crippen LogP contribution in [0, 0.1) is 6.92 Å². The van der Waals surface area contributed by atoms with Crippen molar-refractivity contribution >= 4 is 17.9 Å². The number of hydrogen-bond donors (Lipinski definition) is 0. The molecule has 0 atom stereocenters. The van der Waals surface area contributed by atoms with Gasteiger partial charge in [0.05, 0.1) is 0 Å². The van der Waals surface area contributed by atoms with Crippen molar-refractivity contribution in [2.24, 2.45) is 0 Å². The van der Waals surface area contributed by atoms with Crippen molar-refractivity contribution in [1.29, 1.82) is 0 Å². The maximum atomic E-state index is 11.6. The molecule has 1 aliphatic rings. The van der Waals surface area contributed by atoms with E-state index < -0.39 is 0 Å². The summed E-state index contributed by atoms with van der Waals surface area (Å²) in [7, 11) is 0. The van der Waals surface area contributed by atoms with Crippen LogP contribution in [0.15, 0.2) is 24.3 Å². The summed E-state index contributed by atoms with van der Waals surface area (Å²) in [6, 6.07) is 7.71. The minimum Gasteiger partial charge on any atom is -0.281 e. The van der Waals surface area contributed by atoms with Crippen molar-refractivity contribution in [1.82, 2.24) is 4.31 Å². The molecule has 1 aromatic rings. The molecule has 1 aliphatic heterocycles. The van der Waals surface area contributed by atoms with Gasteiger partial charge in [0, 0.05) is 17.9 Å². The minimum atomic E-state index is 0.135. The molecule has 0 spiro atoms. The maximum Gasteiger partial charge on any atom is 0.263 e. The van der Waals surface area contributed by atoms with E-state index in [1.165, 1.54) is 5.56 Å². The molecule has 1 aromatic carbocycles. The van der Waals surface area contributed by atoms with Crippen molar-refractivity contribution < 1.29 is 4.79 Å². The number of carbonyl (C=O) groups excluding carboxylic acids is 1. The van der Waals surface area contributed by atoms with E-state index in [1.807, 2.05) is 31.2 Å². The molecule has 1 saturated heterocycles. The highest BCUT2D eigenvalue weighted by molar-refractivity contribution is 7.98. The molecule has 1 amide bonds. The first kappa shape index (κ1) is 8.63. The molecule has 2 nitrogen and oxygen atoms in total. The van der Waals surface area contributed by atoms with E-state index in [9.17, 15) is 4.79 Å². The second-order valence-electron chi connectivity index (χ2n) is 3.11. The van der Waals surface area contributed by atoms with E-state index in [0.29, 0.717) is 0 Å². The molecule has 13 heavy (non-hydrogen) atoms. The first-order chi connectivity index (χ1) is 6.27. The SMILES string of the molecule is Cc1ccc(C(=O)N2CCS2)cc1. The largest absolute Gasteiger partial charge is 0.281 e. The highest BCUT2D eigenvalue weighted by Crippen LogP contribution is 2.23. The van der Waals surface area contributed by atoms with Gasteiger partial charge in [-0.25, -0.2) is 0 Å². The standard InChI is InChI=1S/C10H11NOS/c1-8-2-4-9(5-3-8)10(12)11-6-7-13-11/h2-5H,6-7H2,1H3. The normalized spacial score (nSPS) is 15.3. The van der Waals surface area contributed by atoms with Crippen LogP contribution in [0.3, 0.4) is 0 Å². The molecule has 1 heterocycles. The van der Waals surface area contributed by atoms with Crippen LogP contribution >= 0.6 is 11.9 Å². The predicted molar refractivity (Wildman–Crippen MR) is 54.7 cm³/mol. The molecule has 0 bridgehead atoms. The van der Waals surface area contributed by atoms with Crippen molar-refractivity contribution in [3.8, 4) is 0 Å². The van der Waals surface area contributed by atoms with Gasteiger partial charge in [0.2, 0.25) is 0 Å². The molecule has 0 aliphatic carbocycles. The monoisotopic (exact) mass is 193 g/mol. The fraction of sp³-hybridized carbons (Fsp3) is 0.300. The number of nitrogens with zero attached hydrogens (tertiary/aromatic N) is 1. The summed E-state index contributed by atoms with van der Waals surface area (Å²) in [4.78, 5) is 11.6. The van der Waals surface area contributed by atoms with Crippen LogP contribution < -0.4 is 0 Å². The highest BCUT2D eigenvalue weighted by Gasteiger charge is 2.22. The van der Waals surface area contributed by atoms with Gasteiger partial charge in [0.15, 0.2) is 0 Å². The van der Waals surface area contributed by atoms with Gasteiger partial charge in [-0.2, -0.15) is 0 Å². The number of carbonyl (C=O) groups is 1. The highest BCUT2D eigenvalue weighted by atomic mass is 32.2. The molecule has 2 rings (SSSR count). The Kier molecular flexibility index (Phi) is 2.27. The second kappa shape index (κ2) is 3.42. The lowest BCUT2D eigenvalue weighted by atomic mass is 10.1. The van der Waals surface area contributed by atoms with E-state index in [-0.39, 0.29) is 5.91 Å². The molecule has 1 fully saturated rings. The average Bonchev–Trinajstić information content (AvgIpc) is 2.02. The average molecular weight is 193 g/mol. The lowest BCUT2D eigenvalue weighted by molar-refractivity contribution is 0.0866. The Labute approximate surface area is 82.1 Å². The van der Waals surface area contributed by atoms with Crippen molar-refractivity contribution in [2.45, 2.75) is 6.92 Å². The van der Waals surface area contributed by atoms with Crippen LogP contribution in [0.1, 0.15) is 15.9 Å². The minimum absolute atomic E-state index is 0.135. The van der Waals surface area contributed by atoms with Crippen molar-refractivity contribution in [3.05, 3.63) is 35.4 Å². The number of benzene rings is 1. The molecule has 0 saturated carbocycles. The second-order valence-corrected chi connectivity index (χ2v) is 4.21. The van der Waals surface area contributed by atoms with E-state index in [0.717, 1.165) is 17.9 Å². The van der Waals surface area contributed by atoms with E-state index in [2.05, 4.69) is 0 Å². The Morgan fingerprint density at radius 1 is 1.38 bits per heavy atom. The number of aryl methyl sites for hydroxylation is 1. The summed E-state index contributed by atoms with van der Waals surface area (Å²) in [5.74, 6) is 1.20. The third kappa shape index (κ3) is 1.70. The van der Waals surface area contributed by atoms with Gasteiger partial charge in [-0.15, -0.1) is 0 Å². The number of hydrogen-bond acceptors (Lipinski definition) is 2. The fourth-order valence-corrected chi connectivity index (χ4v) is 1.77. The van der Waals surface area contributed by atoms with Crippen LogP contribution in [0.25, 0.3) is 0 Å². The quantitative estimate of drug-likeness (QED) is 0.637. The molecule has 0 unspecified atom stereocenters. The lowest BCUT2D eigenvalue weighted by Gasteiger charge is -2.29. The van der Waals surface area contributed by atoms with Gasteiger partial charge in [-0.3, -0.25) is 9.10 Å². The van der Waals surface area contributed by atoms with Gasteiger partial charge in [-0.1, -0.05) is 17.7 Å². The van der Waals surface area contributed by atoms with Crippen LogP contribution in [0.5, 0.6) is 0 Å². The Morgan fingerprint density at radius 2 is 2.00 bits per heavy atom. The Hall–Kier alpha value is -0.960. The molecule has 0 radical (unpaired) electrons. The summed E-state index contributed by atoms with van der Waals surface area (Å²) in [5.41, 5.74) is 1.98. The van der Waals surface area contributed by atoms with Gasteiger partial charge < -0.3 is 0 Å². The molecule has 0 aromatic heterocycles. The Morgan fingerprint density at radius 3 is 2.46 bits per heavy atom. The maximum absolute atomic E-state index is 11.6. The zero-order valence-electron chi connectivity index (χ0n) is 7.49. The van der Waals surface area contributed by atoms with Gasteiger partial charge in [-0.05, 0) is 31.0 Å². The van der Waals surface area contributed by atoms with Crippen molar-refractivity contribution in [3.63, 3.8) is 0 Å². The van der Waals surface area contributed by atoms with E-state index in [1.54, 1.807) is 16.3 Å². The van der Waals surface area contributed by atoms with Crippen LogP contribution in [0.4, 0.5) is 0 Å². The molecular weight excluding hydrogens is 182 g/mol. The topological polar surface area (TPSA) is 20.3 Å². The molecule has 68 valence electrons. The Bertz CT molecular complexity index is 316. The van der Waals surface area contributed by atoms with Gasteiger partial charge in [0.25, 0.3) is 5.91 Å². The molecule has 0 N–H and O–H groups in total. The van der Waals surface area contributed by atoms with Crippen molar-refractivity contribution in [2.75, 3.05) is 12.3 Å². The van der Waals surface area contributed by atoms with Crippen LogP contribution in [-0.4, -0.2) is 22.5 Å². The third-order valence-electron chi connectivity index (χ3n) is 2.07. The van der Waals surface area contributed by atoms with Crippen LogP contribution in [-0.2, 0) is 0 Å².